The molecule has 0 spiro atoms. The molecule has 1 atom stereocenters. The molecule has 1 unspecified atom stereocenters. The molecule has 11 nitrogen and oxygen atoms in total. The van der Waals surface area contributed by atoms with Crippen molar-refractivity contribution in [3.63, 3.8) is 0 Å². The van der Waals surface area contributed by atoms with E-state index in [0.717, 1.165) is 12.8 Å². The number of nitrogens with zero attached hydrogens (tertiary/aromatic N) is 4. The first-order chi connectivity index (χ1) is 17.0. The maximum Gasteiger partial charge on any atom is 0.337 e. The molecule has 2 aromatic carbocycles. The molecule has 5 rings (SSSR count). The summed E-state index contributed by atoms with van der Waals surface area (Å²) in [5.74, 6) is -0.108. The van der Waals surface area contributed by atoms with E-state index in [1.54, 1.807) is 30.3 Å². The SMILES string of the molecule is COC(=O)c1cccc(-c2nc(C3(Nc4cccc([N+](=O)[O-])c4)CCCCO3)nc3nc[nH]c23)c1. The number of carbonyl (C=O) groups is 1. The van der Waals surface area contributed by atoms with Gasteiger partial charge in [-0.2, -0.15) is 0 Å². The summed E-state index contributed by atoms with van der Waals surface area (Å²) in [5, 5.41) is 14.6. The molecule has 1 saturated heterocycles. The third-order valence-electron chi connectivity index (χ3n) is 5.88. The standard InChI is InChI=1S/C24H22N6O5/c1-34-22(31)16-7-4-6-15(12-16)19-20-21(26-14-25-20)28-23(27-19)24(10-2-3-11-35-24)29-17-8-5-9-18(13-17)30(32)33/h4-9,12-14,29H,2-3,10-11H2,1H3,(H,25,26,27,28). The van der Waals surface area contributed by atoms with E-state index >= 15 is 0 Å². The van der Waals surface area contributed by atoms with Crippen molar-refractivity contribution >= 4 is 28.5 Å². The van der Waals surface area contributed by atoms with Gasteiger partial charge in [0.25, 0.3) is 5.69 Å². The van der Waals surface area contributed by atoms with E-state index in [2.05, 4.69) is 20.3 Å². The molecule has 0 saturated carbocycles. The average molecular weight is 474 g/mol. The number of ether oxygens (including phenoxy) is 2. The highest BCUT2D eigenvalue weighted by molar-refractivity contribution is 5.93. The van der Waals surface area contributed by atoms with Gasteiger partial charge >= 0.3 is 5.97 Å². The minimum absolute atomic E-state index is 0.0371. The highest BCUT2D eigenvalue weighted by Gasteiger charge is 2.39. The Morgan fingerprint density at radius 1 is 1.20 bits per heavy atom. The second-order valence-electron chi connectivity index (χ2n) is 8.13. The molecule has 178 valence electrons. The Morgan fingerprint density at radius 3 is 2.83 bits per heavy atom. The molecule has 35 heavy (non-hydrogen) atoms. The topological polar surface area (TPSA) is 145 Å². The summed E-state index contributed by atoms with van der Waals surface area (Å²) >= 11 is 0. The molecule has 1 aliphatic heterocycles. The van der Waals surface area contributed by atoms with Crippen LogP contribution in [0.5, 0.6) is 0 Å². The lowest BCUT2D eigenvalue weighted by Crippen LogP contribution is -2.43. The fourth-order valence-electron chi connectivity index (χ4n) is 4.19. The summed E-state index contributed by atoms with van der Waals surface area (Å²) in [4.78, 5) is 39.9. The van der Waals surface area contributed by atoms with Gasteiger partial charge in [-0.1, -0.05) is 18.2 Å². The van der Waals surface area contributed by atoms with Gasteiger partial charge in [-0.15, -0.1) is 0 Å². The van der Waals surface area contributed by atoms with Crippen molar-refractivity contribution in [2.45, 2.75) is 25.0 Å². The Bertz CT molecular complexity index is 1410. The summed E-state index contributed by atoms with van der Waals surface area (Å²) < 4.78 is 11.1. The zero-order valence-corrected chi connectivity index (χ0v) is 18.9. The van der Waals surface area contributed by atoms with Crippen molar-refractivity contribution in [3.8, 4) is 11.3 Å². The number of esters is 1. The zero-order valence-electron chi connectivity index (χ0n) is 18.9. The normalized spacial score (nSPS) is 17.7. The molecule has 11 heteroatoms. The number of nitro benzene ring substituents is 1. The van der Waals surface area contributed by atoms with Gasteiger partial charge in [-0.3, -0.25) is 10.1 Å². The zero-order chi connectivity index (χ0) is 24.4. The molecular formula is C24H22N6O5. The number of nitrogens with one attached hydrogen (secondary N) is 2. The molecule has 3 heterocycles. The van der Waals surface area contributed by atoms with Crippen LogP contribution in [0.3, 0.4) is 0 Å². The van der Waals surface area contributed by atoms with E-state index in [-0.39, 0.29) is 5.69 Å². The second-order valence-corrected chi connectivity index (χ2v) is 8.13. The number of nitro groups is 1. The Balaban J connectivity index is 1.64. The summed E-state index contributed by atoms with van der Waals surface area (Å²) in [6, 6.07) is 13.2. The summed E-state index contributed by atoms with van der Waals surface area (Å²) in [6.07, 6.45) is 3.79. The number of hydrogen-bond donors (Lipinski definition) is 2. The number of fused-ring (bicyclic) bond motifs is 1. The van der Waals surface area contributed by atoms with Gasteiger partial charge in [-0.25, -0.2) is 19.7 Å². The van der Waals surface area contributed by atoms with Gasteiger partial charge in [0, 0.05) is 36.4 Å². The van der Waals surface area contributed by atoms with Crippen molar-refractivity contribution in [1.29, 1.82) is 0 Å². The molecule has 0 aliphatic carbocycles. The molecule has 0 radical (unpaired) electrons. The predicted molar refractivity (Wildman–Crippen MR) is 127 cm³/mol. The van der Waals surface area contributed by atoms with Gasteiger partial charge < -0.3 is 19.8 Å². The van der Waals surface area contributed by atoms with Crippen LogP contribution < -0.4 is 5.32 Å². The van der Waals surface area contributed by atoms with E-state index in [9.17, 15) is 14.9 Å². The third kappa shape index (κ3) is 4.28. The minimum Gasteiger partial charge on any atom is -0.465 e. The molecule has 1 fully saturated rings. The number of hydrogen-bond acceptors (Lipinski definition) is 9. The third-order valence-corrected chi connectivity index (χ3v) is 5.88. The Kier molecular flexibility index (Phi) is 5.83. The Hall–Kier alpha value is -4.38. The van der Waals surface area contributed by atoms with Crippen molar-refractivity contribution in [2.75, 3.05) is 19.0 Å². The lowest BCUT2D eigenvalue weighted by Gasteiger charge is -2.37. The van der Waals surface area contributed by atoms with Crippen molar-refractivity contribution in [1.82, 2.24) is 19.9 Å². The van der Waals surface area contributed by atoms with Crippen LogP contribution in [0.2, 0.25) is 0 Å². The van der Waals surface area contributed by atoms with E-state index < -0.39 is 16.6 Å². The number of aromatic nitrogens is 4. The van der Waals surface area contributed by atoms with E-state index in [1.165, 1.54) is 25.6 Å². The summed E-state index contributed by atoms with van der Waals surface area (Å²) in [7, 11) is 1.33. The van der Waals surface area contributed by atoms with Crippen molar-refractivity contribution in [3.05, 3.63) is 76.4 Å². The first-order valence-electron chi connectivity index (χ1n) is 11.1. The molecule has 1 aliphatic rings. The lowest BCUT2D eigenvalue weighted by atomic mass is 10.00. The van der Waals surface area contributed by atoms with Gasteiger partial charge in [-0.05, 0) is 31.0 Å². The fraction of sp³-hybridized carbons (Fsp3) is 0.250. The van der Waals surface area contributed by atoms with Gasteiger partial charge in [0.15, 0.2) is 17.2 Å². The van der Waals surface area contributed by atoms with Crippen LogP contribution in [-0.4, -0.2) is 44.5 Å². The number of anilines is 1. The highest BCUT2D eigenvalue weighted by atomic mass is 16.6. The number of H-pyrrole nitrogens is 1. The van der Waals surface area contributed by atoms with Gasteiger partial charge in [0.2, 0.25) is 0 Å². The molecule has 2 N–H and O–H groups in total. The quantitative estimate of drug-likeness (QED) is 0.239. The maximum atomic E-state index is 12.1. The van der Waals surface area contributed by atoms with Crippen LogP contribution in [-0.2, 0) is 15.2 Å². The Morgan fingerprint density at radius 2 is 2.06 bits per heavy atom. The monoisotopic (exact) mass is 474 g/mol. The average Bonchev–Trinajstić information content (AvgIpc) is 3.37. The first-order valence-corrected chi connectivity index (χ1v) is 11.1. The first kappa shape index (κ1) is 22.4. The number of methoxy groups -OCH3 is 1. The van der Waals surface area contributed by atoms with Crippen LogP contribution in [0.4, 0.5) is 11.4 Å². The molecule has 0 bridgehead atoms. The number of rotatable bonds is 6. The van der Waals surface area contributed by atoms with Gasteiger partial charge in [0.1, 0.15) is 11.2 Å². The highest BCUT2D eigenvalue weighted by Crippen LogP contribution is 2.37. The largest absolute Gasteiger partial charge is 0.465 e. The fourth-order valence-corrected chi connectivity index (χ4v) is 4.19. The number of non-ortho nitro benzene ring substituents is 1. The number of imidazole rings is 1. The summed E-state index contributed by atoms with van der Waals surface area (Å²) in [6.45, 7) is 0.469. The van der Waals surface area contributed by atoms with E-state index in [4.69, 9.17) is 14.5 Å². The number of benzene rings is 2. The molecule has 0 amide bonds. The Labute approximate surface area is 199 Å². The van der Waals surface area contributed by atoms with Gasteiger partial charge in [0.05, 0.1) is 23.9 Å². The van der Waals surface area contributed by atoms with Crippen LogP contribution in [0, 0.1) is 10.1 Å². The van der Waals surface area contributed by atoms with Crippen molar-refractivity contribution in [2.24, 2.45) is 0 Å². The lowest BCUT2D eigenvalue weighted by molar-refractivity contribution is -0.384. The predicted octanol–water partition coefficient (Wildman–Crippen LogP) is 4.18. The molecular weight excluding hydrogens is 452 g/mol. The van der Waals surface area contributed by atoms with Crippen LogP contribution in [0.15, 0.2) is 54.9 Å². The molecule has 4 aromatic rings. The minimum atomic E-state index is -1.12. The van der Waals surface area contributed by atoms with Crippen LogP contribution >= 0.6 is 0 Å². The van der Waals surface area contributed by atoms with Crippen molar-refractivity contribution < 1.29 is 19.2 Å². The number of carbonyl (C=O) groups excluding carboxylic acids is 1. The van der Waals surface area contributed by atoms with E-state index in [0.29, 0.717) is 52.5 Å². The second kappa shape index (κ2) is 9.11. The summed E-state index contributed by atoms with van der Waals surface area (Å²) in [5.41, 5.74) is 2.01. The van der Waals surface area contributed by atoms with E-state index in [1.807, 2.05) is 6.07 Å². The van der Waals surface area contributed by atoms with Crippen LogP contribution in [0.25, 0.3) is 22.4 Å². The maximum absolute atomic E-state index is 12.1. The molecule has 2 aromatic heterocycles. The smallest absolute Gasteiger partial charge is 0.337 e. The number of aromatic amines is 1. The van der Waals surface area contributed by atoms with Crippen LogP contribution in [0.1, 0.15) is 35.4 Å².